The van der Waals surface area contributed by atoms with Crippen LogP contribution in [0.3, 0.4) is 0 Å². The van der Waals surface area contributed by atoms with E-state index in [-0.39, 0.29) is 23.5 Å². The number of carbonyl (C=O) groups is 1. The van der Waals surface area contributed by atoms with Crippen molar-refractivity contribution >= 4 is 22.7 Å². The van der Waals surface area contributed by atoms with Gasteiger partial charge in [-0.05, 0) is 48.7 Å². The maximum absolute atomic E-state index is 14.6. The highest BCUT2D eigenvalue weighted by Gasteiger charge is 2.34. The zero-order chi connectivity index (χ0) is 22.5. The average molecular weight is 451 g/mol. The minimum absolute atomic E-state index is 0.140. The van der Waals surface area contributed by atoms with Crippen LogP contribution in [0.2, 0.25) is 0 Å². The highest BCUT2D eigenvalue weighted by atomic mass is 19.1. The Balaban J connectivity index is 1.12. The second kappa shape index (κ2) is 7.77. The summed E-state index contributed by atoms with van der Waals surface area (Å²) in [5, 5.41) is 4.19. The highest BCUT2D eigenvalue weighted by molar-refractivity contribution is 5.90. The SMILES string of the molecule is O=C1O[C@@H](CCN[C@H]2Cn3c(=O)ccc4ccc(F)c2c43)CN1c1ccc2c(c1)OCCO2. The summed E-state index contributed by atoms with van der Waals surface area (Å²) in [6.07, 6.45) is -0.149. The number of anilines is 1. The van der Waals surface area contributed by atoms with E-state index >= 15 is 0 Å². The molecule has 33 heavy (non-hydrogen) atoms. The zero-order valence-corrected chi connectivity index (χ0v) is 17.8. The molecule has 0 bridgehead atoms. The van der Waals surface area contributed by atoms with E-state index < -0.39 is 6.09 Å². The molecule has 0 radical (unpaired) electrons. The van der Waals surface area contributed by atoms with Gasteiger partial charge in [0.15, 0.2) is 11.5 Å². The van der Waals surface area contributed by atoms with E-state index in [0.29, 0.717) is 67.5 Å². The van der Waals surface area contributed by atoms with Gasteiger partial charge in [-0.1, -0.05) is 0 Å². The second-order valence-corrected chi connectivity index (χ2v) is 8.42. The van der Waals surface area contributed by atoms with Crippen LogP contribution in [0, 0.1) is 5.82 Å². The van der Waals surface area contributed by atoms with Gasteiger partial charge < -0.3 is 24.1 Å². The Morgan fingerprint density at radius 1 is 1.00 bits per heavy atom. The predicted molar refractivity (Wildman–Crippen MR) is 119 cm³/mol. The molecule has 3 aromatic rings. The number of benzene rings is 2. The van der Waals surface area contributed by atoms with Gasteiger partial charge in [-0.3, -0.25) is 9.69 Å². The third kappa shape index (κ3) is 3.39. The zero-order valence-electron chi connectivity index (χ0n) is 17.8. The number of nitrogens with one attached hydrogen (secondary N) is 1. The predicted octanol–water partition coefficient (Wildman–Crippen LogP) is 2.97. The third-order valence-electron chi connectivity index (χ3n) is 6.42. The maximum atomic E-state index is 14.6. The molecule has 9 heteroatoms. The molecule has 1 saturated heterocycles. The van der Waals surface area contributed by atoms with Crippen LogP contribution in [0.4, 0.5) is 14.9 Å². The van der Waals surface area contributed by atoms with Gasteiger partial charge in [0.05, 0.1) is 23.8 Å². The van der Waals surface area contributed by atoms with E-state index in [1.165, 1.54) is 12.1 Å². The lowest BCUT2D eigenvalue weighted by molar-refractivity contribution is 0.136. The van der Waals surface area contributed by atoms with Crippen molar-refractivity contribution < 1.29 is 23.4 Å². The van der Waals surface area contributed by atoms with Gasteiger partial charge in [-0.25, -0.2) is 9.18 Å². The number of ether oxygens (including phenoxy) is 3. The Labute approximate surface area is 188 Å². The molecule has 4 heterocycles. The molecule has 1 fully saturated rings. The number of nitrogens with zero attached hydrogens (tertiary/aromatic N) is 2. The van der Waals surface area contributed by atoms with Crippen LogP contribution in [-0.2, 0) is 11.3 Å². The van der Waals surface area contributed by atoms with Crippen molar-refractivity contribution in [1.82, 2.24) is 9.88 Å². The number of rotatable bonds is 5. The Morgan fingerprint density at radius 2 is 1.82 bits per heavy atom. The van der Waals surface area contributed by atoms with Crippen LogP contribution in [0.1, 0.15) is 18.0 Å². The molecule has 8 nitrogen and oxygen atoms in total. The number of hydrogen-bond donors (Lipinski definition) is 1. The molecule has 1 N–H and O–H groups in total. The summed E-state index contributed by atoms with van der Waals surface area (Å²) in [5.41, 5.74) is 1.72. The molecule has 3 aliphatic rings. The number of carbonyl (C=O) groups excluding carboxylic acids is 1. The van der Waals surface area contributed by atoms with Gasteiger partial charge in [0.1, 0.15) is 25.1 Å². The van der Waals surface area contributed by atoms with Crippen LogP contribution in [0.25, 0.3) is 10.9 Å². The van der Waals surface area contributed by atoms with Crippen LogP contribution in [-0.4, -0.2) is 43.1 Å². The van der Waals surface area contributed by atoms with Gasteiger partial charge in [0.2, 0.25) is 0 Å². The van der Waals surface area contributed by atoms with E-state index in [4.69, 9.17) is 14.2 Å². The molecule has 1 aromatic heterocycles. The number of pyridine rings is 1. The Kier molecular flexibility index (Phi) is 4.72. The maximum Gasteiger partial charge on any atom is 0.414 e. The molecule has 170 valence electrons. The molecular weight excluding hydrogens is 429 g/mol. The monoisotopic (exact) mass is 451 g/mol. The number of aromatic nitrogens is 1. The van der Waals surface area contributed by atoms with Crippen molar-refractivity contribution in [3.8, 4) is 11.5 Å². The summed E-state index contributed by atoms with van der Waals surface area (Å²) in [6, 6.07) is 11.4. The fourth-order valence-electron chi connectivity index (χ4n) is 4.85. The van der Waals surface area contributed by atoms with Gasteiger partial charge >= 0.3 is 6.09 Å². The van der Waals surface area contributed by atoms with E-state index in [1.54, 1.807) is 33.7 Å². The Hall–Kier alpha value is -3.59. The summed E-state index contributed by atoms with van der Waals surface area (Å²) in [7, 11) is 0. The summed E-state index contributed by atoms with van der Waals surface area (Å²) in [6.45, 7) is 2.28. The van der Waals surface area contributed by atoms with Crippen molar-refractivity contribution in [3.05, 3.63) is 64.2 Å². The van der Waals surface area contributed by atoms with Crippen LogP contribution in [0.15, 0.2) is 47.3 Å². The number of amides is 1. The van der Waals surface area contributed by atoms with Gasteiger partial charge in [-0.15, -0.1) is 0 Å². The van der Waals surface area contributed by atoms with Crippen molar-refractivity contribution in [2.45, 2.75) is 25.1 Å². The first kappa shape index (κ1) is 20.0. The molecule has 2 atom stereocenters. The van der Waals surface area contributed by atoms with E-state index in [2.05, 4.69) is 5.32 Å². The van der Waals surface area contributed by atoms with Crippen molar-refractivity contribution in [3.63, 3.8) is 0 Å². The van der Waals surface area contributed by atoms with Gasteiger partial charge in [0, 0.05) is 24.2 Å². The average Bonchev–Trinajstić information content (AvgIpc) is 3.40. The minimum atomic E-state index is -0.410. The smallest absolute Gasteiger partial charge is 0.414 e. The van der Waals surface area contributed by atoms with Crippen LogP contribution < -0.4 is 25.2 Å². The first-order valence-electron chi connectivity index (χ1n) is 11.0. The molecule has 3 aliphatic heterocycles. The number of fused-ring (bicyclic) bond motifs is 1. The first-order valence-corrected chi connectivity index (χ1v) is 11.0. The van der Waals surface area contributed by atoms with E-state index in [0.717, 1.165) is 5.39 Å². The normalized spacial score (nSPS) is 21.0. The third-order valence-corrected chi connectivity index (χ3v) is 6.42. The fourth-order valence-corrected chi connectivity index (χ4v) is 4.85. The second-order valence-electron chi connectivity index (χ2n) is 8.42. The topological polar surface area (TPSA) is 82.0 Å². The lowest BCUT2D eigenvalue weighted by Crippen LogP contribution is -2.29. The van der Waals surface area contributed by atoms with E-state index in [1.807, 2.05) is 6.07 Å². The Bertz CT molecular complexity index is 1320. The highest BCUT2D eigenvalue weighted by Crippen LogP contribution is 2.36. The molecule has 0 aliphatic carbocycles. The lowest BCUT2D eigenvalue weighted by atomic mass is 10.1. The Morgan fingerprint density at radius 3 is 2.70 bits per heavy atom. The molecule has 0 spiro atoms. The summed E-state index contributed by atoms with van der Waals surface area (Å²) >= 11 is 0. The lowest BCUT2D eigenvalue weighted by Gasteiger charge is -2.21. The molecule has 0 unspecified atom stereocenters. The van der Waals surface area contributed by atoms with Gasteiger partial charge in [0.25, 0.3) is 5.56 Å². The standard InChI is InChI=1S/C24H22FN3O5/c25-17-4-1-14-2-6-21(29)28-13-18(22(17)23(14)28)26-8-7-16-12-27(24(30)33-16)15-3-5-19-20(11-15)32-10-9-31-19/h1-6,11,16,18,26H,7-10,12-13H2/t16-,18-/m0/s1. The number of halogens is 1. The van der Waals surface area contributed by atoms with Crippen molar-refractivity contribution in [1.29, 1.82) is 0 Å². The quantitative estimate of drug-likeness (QED) is 0.643. The summed E-state index contributed by atoms with van der Waals surface area (Å²) < 4.78 is 32.9. The number of hydrogen-bond acceptors (Lipinski definition) is 6. The molecular formula is C24H22FN3O5. The molecule has 6 rings (SSSR count). The minimum Gasteiger partial charge on any atom is -0.486 e. The first-order chi connectivity index (χ1) is 16.1. The van der Waals surface area contributed by atoms with Crippen molar-refractivity contribution in [2.24, 2.45) is 0 Å². The molecule has 1 amide bonds. The summed E-state index contributed by atoms with van der Waals surface area (Å²) in [4.78, 5) is 26.3. The number of cyclic esters (lactones) is 1. The van der Waals surface area contributed by atoms with Crippen LogP contribution in [0.5, 0.6) is 11.5 Å². The summed E-state index contributed by atoms with van der Waals surface area (Å²) in [5.74, 6) is 0.954. The molecule has 0 saturated carbocycles. The fraction of sp³-hybridized carbons (Fsp3) is 0.333. The van der Waals surface area contributed by atoms with E-state index in [9.17, 15) is 14.0 Å². The molecule has 2 aromatic carbocycles. The van der Waals surface area contributed by atoms with Crippen LogP contribution >= 0.6 is 0 Å². The van der Waals surface area contributed by atoms with Crippen molar-refractivity contribution in [2.75, 3.05) is 31.2 Å². The van der Waals surface area contributed by atoms with Gasteiger partial charge in [-0.2, -0.15) is 0 Å². The largest absolute Gasteiger partial charge is 0.486 e.